The van der Waals surface area contributed by atoms with Crippen LogP contribution in [0, 0.1) is 12.7 Å². The van der Waals surface area contributed by atoms with E-state index in [0.29, 0.717) is 0 Å². The lowest BCUT2D eigenvalue weighted by atomic mass is 10.0. The van der Waals surface area contributed by atoms with Crippen LogP contribution in [0.2, 0.25) is 4.34 Å². The van der Waals surface area contributed by atoms with Crippen LogP contribution in [-0.4, -0.2) is 6.54 Å². The zero-order valence-corrected chi connectivity index (χ0v) is 12.6. The highest BCUT2D eigenvalue weighted by Gasteiger charge is 2.16. The highest BCUT2D eigenvalue weighted by Crippen LogP contribution is 2.28. The van der Waals surface area contributed by atoms with E-state index in [1.807, 2.05) is 38.1 Å². The van der Waals surface area contributed by atoms with E-state index in [-0.39, 0.29) is 11.9 Å². The molecule has 102 valence electrons. The molecule has 1 heterocycles. The summed E-state index contributed by atoms with van der Waals surface area (Å²) < 4.78 is 14.8. The van der Waals surface area contributed by atoms with Gasteiger partial charge < -0.3 is 5.32 Å². The van der Waals surface area contributed by atoms with E-state index in [4.69, 9.17) is 11.6 Å². The SMILES string of the molecule is CCNC(Cc1ccc(Cl)s1)c1ccc(C)cc1F. The number of rotatable bonds is 5. The summed E-state index contributed by atoms with van der Waals surface area (Å²) in [6.07, 6.45) is 0.755. The van der Waals surface area contributed by atoms with Crippen molar-refractivity contribution in [2.75, 3.05) is 6.54 Å². The van der Waals surface area contributed by atoms with Crippen molar-refractivity contribution in [3.8, 4) is 0 Å². The minimum atomic E-state index is -0.145. The summed E-state index contributed by atoms with van der Waals surface area (Å²) in [5.74, 6) is -0.145. The molecule has 1 unspecified atom stereocenters. The molecule has 0 spiro atoms. The molecule has 1 aromatic heterocycles. The second kappa shape index (κ2) is 6.51. The number of likely N-dealkylation sites (N-methyl/N-ethyl adjacent to an activating group) is 1. The molecule has 19 heavy (non-hydrogen) atoms. The van der Waals surface area contributed by atoms with Crippen molar-refractivity contribution in [1.29, 1.82) is 0 Å². The summed E-state index contributed by atoms with van der Waals surface area (Å²) in [6, 6.07) is 9.28. The van der Waals surface area contributed by atoms with Gasteiger partial charge in [-0.05, 0) is 37.2 Å². The molecule has 1 nitrogen and oxygen atoms in total. The van der Waals surface area contributed by atoms with Gasteiger partial charge in [-0.15, -0.1) is 11.3 Å². The van der Waals surface area contributed by atoms with Crippen LogP contribution in [0.5, 0.6) is 0 Å². The minimum Gasteiger partial charge on any atom is -0.310 e. The Morgan fingerprint density at radius 2 is 2.11 bits per heavy atom. The second-order valence-corrected chi connectivity index (χ2v) is 6.34. The van der Waals surface area contributed by atoms with E-state index in [2.05, 4.69) is 5.32 Å². The zero-order chi connectivity index (χ0) is 13.8. The smallest absolute Gasteiger partial charge is 0.128 e. The monoisotopic (exact) mass is 297 g/mol. The van der Waals surface area contributed by atoms with Gasteiger partial charge in [-0.2, -0.15) is 0 Å². The fourth-order valence-corrected chi connectivity index (χ4v) is 3.25. The summed E-state index contributed by atoms with van der Waals surface area (Å²) in [5, 5.41) is 3.34. The van der Waals surface area contributed by atoms with Gasteiger partial charge in [0.2, 0.25) is 0 Å². The number of hydrogen-bond donors (Lipinski definition) is 1. The fourth-order valence-electron chi connectivity index (χ4n) is 2.12. The van der Waals surface area contributed by atoms with Crippen molar-refractivity contribution in [3.05, 3.63) is 56.5 Å². The first-order valence-corrected chi connectivity index (χ1v) is 7.53. The first-order chi connectivity index (χ1) is 9.10. The van der Waals surface area contributed by atoms with E-state index in [9.17, 15) is 4.39 Å². The van der Waals surface area contributed by atoms with Gasteiger partial charge >= 0.3 is 0 Å². The molecule has 1 N–H and O–H groups in total. The third-order valence-electron chi connectivity index (χ3n) is 3.02. The van der Waals surface area contributed by atoms with Gasteiger partial charge in [0.05, 0.1) is 4.34 Å². The zero-order valence-electron chi connectivity index (χ0n) is 11.0. The van der Waals surface area contributed by atoms with Gasteiger partial charge in [-0.25, -0.2) is 4.39 Å². The van der Waals surface area contributed by atoms with Gasteiger partial charge in [-0.3, -0.25) is 0 Å². The molecule has 1 aromatic carbocycles. The van der Waals surface area contributed by atoms with E-state index >= 15 is 0 Å². The summed E-state index contributed by atoms with van der Waals surface area (Å²) >= 11 is 7.49. The summed E-state index contributed by atoms with van der Waals surface area (Å²) in [4.78, 5) is 1.16. The standard InChI is InChI=1S/C15H17ClFNS/c1-3-18-14(9-11-5-7-15(16)19-11)12-6-4-10(2)8-13(12)17/h4-8,14,18H,3,9H2,1-2H3. The average Bonchev–Trinajstić information content (AvgIpc) is 2.74. The molecule has 0 aliphatic carbocycles. The average molecular weight is 298 g/mol. The Morgan fingerprint density at radius 1 is 1.32 bits per heavy atom. The molecule has 2 rings (SSSR count). The first-order valence-electron chi connectivity index (χ1n) is 6.33. The van der Waals surface area contributed by atoms with Crippen LogP contribution in [-0.2, 0) is 6.42 Å². The third kappa shape index (κ3) is 3.78. The number of nitrogens with one attached hydrogen (secondary N) is 1. The third-order valence-corrected chi connectivity index (χ3v) is 4.27. The Kier molecular flexibility index (Phi) is 4.97. The largest absolute Gasteiger partial charge is 0.310 e. The van der Waals surface area contributed by atoms with Crippen molar-refractivity contribution in [2.45, 2.75) is 26.3 Å². The molecule has 0 aliphatic heterocycles. The molecule has 0 bridgehead atoms. The van der Waals surface area contributed by atoms with Crippen LogP contribution in [0.25, 0.3) is 0 Å². The molecular weight excluding hydrogens is 281 g/mol. The highest BCUT2D eigenvalue weighted by molar-refractivity contribution is 7.16. The van der Waals surface area contributed by atoms with Crippen molar-refractivity contribution in [1.82, 2.24) is 5.32 Å². The van der Waals surface area contributed by atoms with Crippen LogP contribution in [0.1, 0.15) is 29.0 Å². The molecule has 0 saturated carbocycles. The van der Waals surface area contributed by atoms with Crippen LogP contribution in [0.3, 0.4) is 0 Å². The Morgan fingerprint density at radius 3 is 2.68 bits per heavy atom. The number of halogens is 2. The summed E-state index contributed by atoms with van der Waals surface area (Å²) in [7, 11) is 0. The quantitative estimate of drug-likeness (QED) is 0.840. The maximum Gasteiger partial charge on any atom is 0.128 e. The lowest BCUT2D eigenvalue weighted by Crippen LogP contribution is -2.23. The van der Waals surface area contributed by atoms with Crippen molar-refractivity contribution in [3.63, 3.8) is 0 Å². The number of benzene rings is 1. The van der Waals surface area contributed by atoms with Gasteiger partial charge in [0.25, 0.3) is 0 Å². The maximum absolute atomic E-state index is 14.1. The van der Waals surface area contributed by atoms with Crippen LogP contribution in [0.4, 0.5) is 4.39 Å². The summed E-state index contributed by atoms with van der Waals surface area (Å²) in [5.41, 5.74) is 1.66. The van der Waals surface area contributed by atoms with Gasteiger partial charge in [0.1, 0.15) is 5.82 Å². The van der Waals surface area contributed by atoms with Gasteiger partial charge in [0, 0.05) is 22.9 Å². The number of hydrogen-bond acceptors (Lipinski definition) is 2. The Balaban J connectivity index is 2.23. The summed E-state index contributed by atoms with van der Waals surface area (Å²) in [6.45, 7) is 4.73. The molecule has 2 aromatic rings. The predicted molar refractivity (Wildman–Crippen MR) is 80.6 cm³/mol. The predicted octanol–water partition coefficient (Wildman–Crippen LogP) is 4.74. The Labute approximate surface area is 122 Å². The van der Waals surface area contributed by atoms with Crippen LogP contribution >= 0.6 is 22.9 Å². The molecule has 0 fully saturated rings. The number of aryl methyl sites for hydroxylation is 1. The normalized spacial score (nSPS) is 12.6. The van der Waals surface area contributed by atoms with Crippen molar-refractivity contribution < 1.29 is 4.39 Å². The molecule has 4 heteroatoms. The first kappa shape index (κ1) is 14.5. The fraction of sp³-hybridized carbons (Fsp3) is 0.333. The highest BCUT2D eigenvalue weighted by atomic mass is 35.5. The van der Waals surface area contributed by atoms with E-state index in [1.165, 1.54) is 0 Å². The topological polar surface area (TPSA) is 12.0 Å². The van der Waals surface area contributed by atoms with Crippen LogP contribution in [0.15, 0.2) is 30.3 Å². The van der Waals surface area contributed by atoms with Crippen molar-refractivity contribution in [2.24, 2.45) is 0 Å². The van der Waals surface area contributed by atoms with Gasteiger partial charge in [0.15, 0.2) is 0 Å². The molecule has 0 amide bonds. The minimum absolute atomic E-state index is 0.0136. The van der Waals surface area contributed by atoms with Crippen molar-refractivity contribution >= 4 is 22.9 Å². The lowest BCUT2D eigenvalue weighted by Gasteiger charge is -2.18. The molecular formula is C15H17ClFNS. The van der Waals surface area contributed by atoms with E-state index in [1.54, 1.807) is 17.4 Å². The second-order valence-electron chi connectivity index (χ2n) is 4.55. The van der Waals surface area contributed by atoms with Crippen LogP contribution < -0.4 is 5.32 Å². The number of thiophene rings is 1. The molecule has 1 atom stereocenters. The molecule has 0 saturated heterocycles. The maximum atomic E-state index is 14.1. The van der Waals surface area contributed by atoms with E-state index < -0.39 is 0 Å². The molecule has 0 aliphatic rings. The Bertz CT molecular complexity index is 553. The lowest BCUT2D eigenvalue weighted by molar-refractivity contribution is 0.512. The molecule has 0 radical (unpaired) electrons. The van der Waals surface area contributed by atoms with E-state index in [0.717, 1.165) is 33.3 Å². The Hall–Kier alpha value is -0.900. The van der Waals surface area contributed by atoms with Gasteiger partial charge in [-0.1, -0.05) is 30.7 Å².